The molecule has 1 N–H and O–H groups in total. The summed E-state index contributed by atoms with van der Waals surface area (Å²) in [4.78, 5) is 16.9. The fraction of sp³-hybridized carbons (Fsp3) is 0.205. The van der Waals surface area contributed by atoms with Crippen LogP contribution in [0.1, 0.15) is 34.0 Å². The van der Waals surface area contributed by atoms with Crippen molar-refractivity contribution in [2.24, 2.45) is 0 Å². The molecule has 240 valence electrons. The largest absolute Gasteiger partial charge is 0.507 e. The van der Waals surface area contributed by atoms with E-state index in [1.165, 1.54) is 11.8 Å². The van der Waals surface area contributed by atoms with Gasteiger partial charge in [-0.25, -0.2) is 0 Å². The maximum atomic E-state index is 14.2. The van der Waals surface area contributed by atoms with Gasteiger partial charge in [0.1, 0.15) is 40.6 Å². The highest BCUT2D eigenvalue weighted by molar-refractivity contribution is 8.00. The Morgan fingerprint density at radius 1 is 0.787 bits per heavy atom. The molecule has 6 nitrogen and oxygen atoms in total. The number of ketones is 1. The lowest BCUT2D eigenvalue weighted by atomic mass is 10.0. The third-order valence-electron chi connectivity index (χ3n) is 7.83. The van der Waals surface area contributed by atoms with E-state index in [0.717, 1.165) is 37.4 Å². The van der Waals surface area contributed by atoms with Gasteiger partial charge in [-0.15, -0.1) is 11.8 Å². The van der Waals surface area contributed by atoms with Gasteiger partial charge in [-0.1, -0.05) is 48.5 Å². The zero-order valence-corrected chi connectivity index (χ0v) is 26.7. The smallest absolute Gasteiger partial charge is 0.180 e. The zero-order valence-electron chi connectivity index (χ0n) is 25.8. The number of phenolic OH excluding ortho intramolecular Hbond substituents is 1. The number of alkyl halides is 1. The minimum absolute atomic E-state index is 0.0319. The van der Waals surface area contributed by atoms with E-state index in [2.05, 4.69) is 4.90 Å². The second kappa shape index (κ2) is 15.7. The number of ether oxygens (including phenoxy) is 3. The third-order valence-corrected chi connectivity index (χ3v) is 9.14. The Kier molecular flexibility index (Phi) is 10.7. The molecule has 8 heteroatoms. The molecule has 2 atom stereocenters. The number of thioether (sulfide) groups is 1. The number of hydrogen-bond acceptors (Lipinski definition) is 7. The molecule has 0 aliphatic carbocycles. The number of phenols is 1. The first kappa shape index (κ1) is 32.2. The molecular weight excluding hydrogens is 613 g/mol. The van der Waals surface area contributed by atoms with E-state index in [1.807, 2.05) is 97.1 Å². The van der Waals surface area contributed by atoms with Crippen molar-refractivity contribution in [2.75, 3.05) is 26.3 Å². The highest BCUT2D eigenvalue weighted by Crippen LogP contribution is 2.44. The van der Waals surface area contributed by atoms with Crippen LogP contribution in [0.3, 0.4) is 0 Å². The van der Waals surface area contributed by atoms with Gasteiger partial charge in [-0.2, -0.15) is 0 Å². The highest BCUT2D eigenvalue weighted by Gasteiger charge is 2.27. The second-order valence-corrected chi connectivity index (χ2v) is 12.4. The summed E-state index contributed by atoms with van der Waals surface area (Å²) in [6.07, 6.45) is 1.45. The number of para-hydroxylation sites is 2. The molecule has 0 saturated carbocycles. The SMILES string of the molecule is O=C(c1ccc(O[C@@H]2CCN(CCCF)C2)cc1)C(Sc1cc(Oc2ccccc2)ccc1O)c1ccc(Oc2ccccc2)cc1. The molecule has 5 aromatic rings. The summed E-state index contributed by atoms with van der Waals surface area (Å²) in [5.41, 5.74) is 1.28. The molecule has 0 aromatic heterocycles. The van der Waals surface area contributed by atoms with E-state index in [9.17, 15) is 14.3 Å². The van der Waals surface area contributed by atoms with Crippen LogP contribution in [0.25, 0.3) is 0 Å². The van der Waals surface area contributed by atoms with Crippen LogP contribution in [0.2, 0.25) is 0 Å². The maximum Gasteiger partial charge on any atom is 0.180 e. The van der Waals surface area contributed by atoms with E-state index in [0.29, 0.717) is 39.9 Å². The van der Waals surface area contributed by atoms with Crippen LogP contribution >= 0.6 is 11.8 Å². The maximum absolute atomic E-state index is 14.2. The number of rotatable bonds is 14. The monoisotopic (exact) mass is 649 g/mol. The number of benzene rings is 5. The summed E-state index contributed by atoms with van der Waals surface area (Å²) in [5, 5.41) is 10.2. The number of likely N-dealkylation sites (tertiary alicyclic amines) is 1. The van der Waals surface area contributed by atoms with Gasteiger partial charge in [0.05, 0.1) is 16.8 Å². The van der Waals surface area contributed by atoms with E-state index < -0.39 is 5.25 Å². The van der Waals surface area contributed by atoms with E-state index in [-0.39, 0.29) is 24.3 Å². The summed E-state index contributed by atoms with van der Waals surface area (Å²) in [5.74, 6) is 3.20. The van der Waals surface area contributed by atoms with Crippen LogP contribution in [-0.2, 0) is 0 Å². The predicted molar refractivity (Wildman–Crippen MR) is 183 cm³/mol. The van der Waals surface area contributed by atoms with Crippen molar-refractivity contribution < 1.29 is 28.5 Å². The Hall–Kier alpha value is -4.79. The van der Waals surface area contributed by atoms with Gasteiger partial charge in [0.2, 0.25) is 0 Å². The predicted octanol–water partition coefficient (Wildman–Crippen LogP) is 9.51. The minimum Gasteiger partial charge on any atom is -0.507 e. The number of nitrogens with zero attached hydrogens (tertiary/aromatic N) is 1. The van der Waals surface area contributed by atoms with Gasteiger partial charge in [-0.05, 0) is 97.3 Å². The van der Waals surface area contributed by atoms with E-state index >= 15 is 0 Å². The van der Waals surface area contributed by atoms with Crippen LogP contribution in [0.5, 0.6) is 34.5 Å². The van der Waals surface area contributed by atoms with Gasteiger partial charge in [0, 0.05) is 25.2 Å². The molecule has 0 amide bonds. The fourth-order valence-corrected chi connectivity index (χ4v) is 6.60. The van der Waals surface area contributed by atoms with E-state index in [1.54, 1.807) is 30.3 Å². The first-order chi connectivity index (χ1) is 23.0. The number of halogens is 1. The second-order valence-electron chi connectivity index (χ2n) is 11.3. The molecular formula is C39H36FNO5S. The molecule has 0 spiro atoms. The minimum atomic E-state index is -0.677. The lowest BCUT2D eigenvalue weighted by molar-refractivity contribution is 0.0989. The first-order valence-corrected chi connectivity index (χ1v) is 16.6. The van der Waals surface area contributed by atoms with Crippen LogP contribution in [0.15, 0.2) is 132 Å². The number of carbonyl (C=O) groups excluding carboxylic acids is 1. The molecule has 1 aliphatic rings. The topological polar surface area (TPSA) is 68.2 Å². The van der Waals surface area contributed by atoms with E-state index in [4.69, 9.17) is 14.2 Å². The fourth-order valence-electron chi connectivity index (χ4n) is 5.43. The molecule has 0 radical (unpaired) electrons. The molecule has 47 heavy (non-hydrogen) atoms. The van der Waals surface area contributed by atoms with Crippen molar-refractivity contribution >= 4 is 17.5 Å². The molecule has 5 aromatic carbocycles. The van der Waals surface area contributed by atoms with Crippen LogP contribution < -0.4 is 14.2 Å². The average Bonchev–Trinajstić information content (AvgIpc) is 3.56. The quantitative estimate of drug-likeness (QED) is 0.0949. The molecule has 6 rings (SSSR count). The lowest BCUT2D eigenvalue weighted by Crippen LogP contribution is -2.26. The first-order valence-electron chi connectivity index (χ1n) is 15.7. The Morgan fingerprint density at radius 2 is 1.38 bits per heavy atom. The molecule has 1 saturated heterocycles. The molecule has 1 fully saturated rings. The van der Waals surface area contributed by atoms with Crippen molar-refractivity contribution in [2.45, 2.75) is 29.1 Å². The van der Waals surface area contributed by atoms with Gasteiger partial charge < -0.3 is 19.3 Å². The van der Waals surface area contributed by atoms with Crippen molar-refractivity contribution in [3.8, 4) is 34.5 Å². The molecule has 1 aliphatic heterocycles. The van der Waals surface area contributed by atoms with Gasteiger partial charge in [-0.3, -0.25) is 14.1 Å². The van der Waals surface area contributed by atoms with Gasteiger partial charge >= 0.3 is 0 Å². The summed E-state index contributed by atoms with van der Waals surface area (Å²) in [6.45, 7) is 2.08. The van der Waals surface area contributed by atoms with Crippen LogP contribution in [-0.4, -0.2) is 48.2 Å². The summed E-state index contributed by atoms with van der Waals surface area (Å²) in [6, 6.07) is 38.6. The Morgan fingerprint density at radius 3 is 2.04 bits per heavy atom. The van der Waals surface area contributed by atoms with Crippen LogP contribution in [0, 0.1) is 0 Å². The molecule has 0 bridgehead atoms. The van der Waals surface area contributed by atoms with Crippen molar-refractivity contribution in [3.63, 3.8) is 0 Å². The normalized spacial score (nSPS) is 15.2. The standard InChI is InChI=1S/C39H36FNO5S/c40-23-7-24-41-25-22-35(27-41)46-33-16-12-28(13-17-33)38(43)39(29-14-18-32(19-15-29)44-30-8-3-1-4-9-30)47-37-26-34(20-21-36(37)42)45-31-10-5-2-6-11-31/h1-6,8-21,26,35,39,42H,7,22-25,27H2/t35-,39?/m1/s1. The number of carbonyl (C=O) groups is 1. The molecule has 1 unspecified atom stereocenters. The van der Waals surface area contributed by atoms with Gasteiger partial charge in [0.15, 0.2) is 5.78 Å². The zero-order chi connectivity index (χ0) is 32.4. The third kappa shape index (κ3) is 8.73. The highest BCUT2D eigenvalue weighted by atomic mass is 32.2. The van der Waals surface area contributed by atoms with Crippen molar-refractivity contribution in [1.82, 2.24) is 4.90 Å². The van der Waals surface area contributed by atoms with Crippen molar-refractivity contribution in [3.05, 3.63) is 139 Å². The summed E-state index contributed by atoms with van der Waals surface area (Å²) >= 11 is 1.26. The average molecular weight is 650 g/mol. The Labute approximate surface area is 278 Å². The van der Waals surface area contributed by atoms with Crippen molar-refractivity contribution in [1.29, 1.82) is 0 Å². The number of Topliss-reactive ketones (excluding diaryl/α,β-unsaturated/α-hetero) is 1. The Balaban J connectivity index is 1.22. The summed E-state index contributed by atoms with van der Waals surface area (Å²) in [7, 11) is 0. The number of aromatic hydroxyl groups is 1. The lowest BCUT2D eigenvalue weighted by Gasteiger charge is -2.19. The van der Waals surface area contributed by atoms with Gasteiger partial charge in [0.25, 0.3) is 0 Å². The summed E-state index contributed by atoms with van der Waals surface area (Å²) < 4.78 is 30.8. The molecule has 1 heterocycles. The number of hydrogen-bond donors (Lipinski definition) is 1. The Bertz CT molecular complexity index is 1740. The van der Waals surface area contributed by atoms with Crippen LogP contribution in [0.4, 0.5) is 4.39 Å².